The molecule has 0 N–H and O–H groups in total. The van der Waals surface area contributed by atoms with Gasteiger partial charge in [-0.05, 0) is 91.5 Å². The molecule has 0 aromatic heterocycles. The first-order valence-electron chi connectivity index (χ1n) is 17.3. The maximum atomic E-state index is 2.47. The molecular weight excluding hydrogens is 593 g/mol. The average molecular weight is 631 g/mol. The summed E-state index contributed by atoms with van der Waals surface area (Å²) in [5, 5.41) is 6.79. The van der Waals surface area contributed by atoms with Crippen molar-refractivity contribution in [1.82, 2.24) is 0 Å². The van der Waals surface area contributed by atoms with Crippen LogP contribution in [0.15, 0.2) is 157 Å². The van der Waals surface area contributed by atoms with E-state index >= 15 is 0 Å². The fourth-order valence-electron chi connectivity index (χ4n) is 8.58. The first kappa shape index (κ1) is 28.9. The van der Waals surface area contributed by atoms with Crippen LogP contribution in [-0.2, 0) is 0 Å². The third-order valence-corrected chi connectivity index (χ3v) is 12.8. The molecule has 7 aromatic carbocycles. The van der Waals surface area contributed by atoms with E-state index in [1.54, 1.807) is 5.19 Å². The minimum absolute atomic E-state index is 0.310. The Morgan fingerprint density at radius 1 is 0.458 bits per heavy atom. The van der Waals surface area contributed by atoms with Crippen LogP contribution in [-0.4, -0.2) is 9.52 Å². The number of hydrogen-bond donors (Lipinski definition) is 0. The second-order valence-corrected chi connectivity index (χ2v) is 15.6. The van der Waals surface area contributed by atoms with Gasteiger partial charge >= 0.3 is 0 Å². The fourth-order valence-corrected chi connectivity index (χ4v) is 10.5. The second-order valence-electron chi connectivity index (χ2n) is 13.7. The number of allylic oxidation sites excluding steroid dienone is 2. The Morgan fingerprint density at radius 2 is 0.958 bits per heavy atom. The zero-order chi connectivity index (χ0) is 32.2. The monoisotopic (exact) mass is 630 g/mol. The molecule has 0 saturated heterocycles. The molecule has 230 valence electrons. The van der Waals surface area contributed by atoms with Gasteiger partial charge in [0.2, 0.25) is 0 Å². The first-order chi connectivity index (χ1) is 23.6. The number of fused-ring (bicyclic) bond motifs is 4. The summed E-state index contributed by atoms with van der Waals surface area (Å²) in [7, 11) is -0.448. The molecule has 48 heavy (non-hydrogen) atoms. The Kier molecular flexibility index (Phi) is 7.10. The smallest absolute Gasteiger partial charge is 0.0556 e. The summed E-state index contributed by atoms with van der Waals surface area (Å²) < 4.78 is 0. The molecule has 9 rings (SSSR count). The van der Waals surface area contributed by atoms with E-state index < -0.39 is 9.52 Å². The van der Waals surface area contributed by atoms with Crippen LogP contribution < -0.4 is 5.19 Å². The van der Waals surface area contributed by atoms with Gasteiger partial charge in [-0.3, -0.25) is 0 Å². The van der Waals surface area contributed by atoms with E-state index in [1.807, 2.05) is 0 Å². The number of benzene rings is 7. The zero-order valence-corrected chi connectivity index (χ0v) is 29.0. The van der Waals surface area contributed by atoms with Gasteiger partial charge in [0.05, 0.1) is 9.52 Å². The van der Waals surface area contributed by atoms with Crippen molar-refractivity contribution in [3.63, 3.8) is 0 Å². The SMILES string of the molecule is CC1=Cc2c(-c3cccc4ccccc34)cccc2C1C[SiH2]c1ccc(C2C(C)=Cc3c(-c4cccc5ccccc45)cccc32)cc1. The summed E-state index contributed by atoms with van der Waals surface area (Å²) in [6, 6.07) is 55.7. The summed E-state index contributed by atoms with van der Waals surface area (Å²) in [5.41, 5.74) is 15.4. The predicted octanol–water partition coefficient (Wildman–Crippen LogP) is 11.3. The molecular formula is C47H38Si. The van der Waals surface area contributed by atoms with E-state index in [0.29, 0.717) is 11.8 Å². The highest BCUT2D eigenvalue weighted by Crippen LogP contribution is 2.46. The van der Waals surface area contributed by atoms with Gasteiger partial charge in [-0.2, -0.15) is 0 Å². The van der Waals surface area contributed by atoms with Crippen LogP contribution in [0.5, 0.6) is 0 Å². The third kappa shape index (κ3) is 4.81. The lowest BCUT2D eigenvalue weighted by Crippen LogP contribution is -2.17. The minimum atomic E-state index is -0.448. The van der Waals surface area contributed by atoms with Crippen LogP contribution in [0.4, 0.5) is 0 Å². The summed E-state index contributed by atoms with van der Waals surface area (Å²) >= 11 is 0. The van der Waals surface area contributed by atoms with E-state index in [9.17, 15) is 0 Å². The van der Waals surface area contributed by atoms with E-state index in [0.717, 1.165) is 0 Å². The maximum Gasteiger partial charge on any atom is 0.0556 e. The highest BCUT2D eigenvalue weighted by Gasteiger charge is 2.28. The van der Waals surface area contributed by atoms with Crippen LogP contribution in [0.25, 0.3) is 56.0 Å². The molecule has 2 aliphatic carbocycles. The predicted molar refractivity (Wildman–Crippen MR) is 210 cm³/mol. The van der Waals surface area contributed by atoms with Gasteiger partial charge in [-0.25, -0.2) is 0 Å². The Balaban J connectivity index is 0.968. The molecule has 0 aliphatic heterocycles. The van der Waals surface area contributed by atoms with Crippen LogP contribution >= 0.6 is 0 Å². The van der Waals surface area contributed by atoms with E-state index in [4.69, 9.17) is 0 Å². The third-order valence-electron chi connectivity index (χ3n) is 10.9. The fraction of sp³-hybridized carbons (Fsp3) is 0.106. The largest absolute Gasteiger partial charge is 0.0669 e. The molecule has 0 amide bonds. The summed E-state index contributed by atoms with van der Waals surface area (Å²) in [4.78, 5) is 0. The maximum absolute atomic E-state index is 2.47. The first-order valence-corrected chi connectivity index (χ1v) is 19.0. The van der Waals surface area contributed by atoms with E-state index in [1.165, 1.54) is 88.8 Å². The molecule has 7 aromatic rings. The van der Waals surface area contributed by atoms with Gasteiger partial charge in [-0.15, -0.1) is 0 Å². The quantitative estimate of drug-likeness (QED) is 0.160. The second kappa shape index (κ2) is 11.8. The molecule has 0 spiro atoms. The molecule has 0 saturated carbocycles. The van der Waals surface area contributed by atoms with Crippen molar-refractivity contribution in [1.29, 1.82) is 0 Å². The standard InChI is InChI=1S/C47H38Si/c1-30-27-44-40(38-17-7-13-32-11-3-5-15-36(32)38)19-9-21-42(44)46(30)29-48-35-25-23-34(24-26-35)47-31(2)28-45-41(20-10-22-43(45)47)39-18-8-14-33-12-4-6-16-37(33)39/h3-28,46-47H,29,48H2,1-2H3. The summed E-state index contributed by atoms with van der Waals surface area (Å²) in [6.45, 7) is 4.65. The number of hydrogen-bond acceptors (Lipinski definition) is 0. The van der Waals surface area contributed by atoms with Gasteiger partial charge < -0.3 is 0 Å². The van der Waals surface area contributed by atoms with Crippen LogP contribution in [0.1, 0.15) is 53.5 Å². The van der Waals surface area contributed by atoms with Crippen molar-refractivity contribution >= 4 is 48.4 Å². The highest BCUT2D eigenvalue weighted by atomic mass is 28.2. The molecule has 0 radical (unpaired) electrons. The van der Waals surface area contributed by atoms with Crippen molar-refractivity contribution < 1.29 is 0 Å². The molecule has 0 bridgehead atoms. The van der Waals surface area contributed by atoms with Crippen molar-refractivity contribution in [2.45, 2.75) is 31.7 Å². The molecule has 0 fully saturated rings. The Hall–Kier alpha value is -5.24. The summed E-state index contributed by atoms with van der Waals surface area (Å²) in [6.07, 6.45) is 4.90. The highest BCUT2D eigenvalue weighted by molar-refractivity contribution is 6.53. The van der Waals surface area contributed by atoms with Crippen LogP contribution in [0, 0.1) is 0 Å². The van der Waals surface area contributed by atoms with Gasteiger partial charge in [0, 0.05) is 11.8 Å². The average Bonchev–Trinajstić information content (AvgIpc) is 3.65. The van der Waals surface area contributed by atoms with E-state index in [2.05, 4.69) is 172 Å². The molecule has 0 heterocycles. The summed E-state index contributed by atoms with van der Waals surface area (Å²) in [5.74, 6) is 0.825. The molecule has 2 aliphatic rings. The normalized spacial score (nSPS) is 16.8. The van der Waals surface area contributed by atoms with E-state index in [-0.39, 0.29) is 0 Å². The van der Waals surface area contributed by atoms with Gasteiger partial charge in [0.15, 0.2) is 0 Å². The lowest BCUT2D eigenvalue weighted by Gasteiger charge is -2.18. The van der Waals surface area contributed by atoms with Crippen molar-refractivity contribution in [3.05, 3.63) is 185 Å². The Labute approximate surface area is 285 Å². The minimum Gasteiger partial charge on any atom is -0.0669 e. The van der Waals surface area contributed by atoms with Gasteiger partial charge in [0.25, 0.3) is 0 Å². The molecule has 1 heteroatoms. The van der Waals surface area contributed by atoms with Crippen LogP contribution in [0.3, 0.4) is 0 Å². The molecule has 2 atom stereocenters. The van der Waals surface area contributed by atoms with Crippen LogP contribution in [0.2, 0.25) is 6.04 Å². The molecule has 2 unspecified atom stereocenters. The number of rotatable bonds is 6. The lowest BCUT2D eigenvalue weighted by molar-refractivity contribution is 0.915. The topological polar surface area (TPSA) is 0 Å². The zero-order valence-electron chi connectivity index (χ0n) is 27.6. The van der Waals surface area contributed by atoms with Gasteiger partial charge in [-0.1, -0.05) is 174 Å². The lowest BCUT2D eigenvalue weighted by atomic mass is 9.87. The Morgan fingerprint density at radius 3 is 1.60 bits per heavy atom. The Bertz CT molecular complexity index is 2410. The molecule has 0 nitrogen and oxygen atoms in total. The van der Waals surface area contributed by atoms with Crippen molar-refractivity contribution in [3.8, 4) is 22.3 Å². The van der Waals surface area contributed by atoms with Crippen molar-refractivity contribution in [2.24, 2.45) is 0 Å². The van der Waals surface area contributed by atoms with Crippen molar-refractivity contribution in [2.75, 3.05) is 0 Å². The van der Waals surface area contributed by atoms with Gasteiger partial charge in [0.1, 0.15) is 0 Å².